The van der Waals surface area contributed by atoms with Gasteiger partial charge in [-0.1, -0.05) is 111 Å². The smallest absolute Gasteiger partial charge is 0.311 e. The molecular weight excluding hydrogens is 569 g/mol. The molecule has 9 heteroatoms. The van der Waals surface area contributed by atoms with Crippen LogP contribution in [0.15, 0.2) is 97.1 Å². The summed E-state index contributed by atoms with van der Waals surface area (Å²) in [6.45, 7) is 6.17. The topological polar surface area (TPSA) is 79.3 Å². The van der Waals surface area contributed by atoms with Crippen LogP contribution >= 0.6 is 23.2 Å². The highest BCUT2D eigenvalue weighted by Gasteiger charge is 2.24. The quantitative estimate of drug-likeness (QED) is 0.197. The van der Waals surface area contributed by atoms with Gasteiger partial charge < -0.3 is 15.5 Å². The normalized spacial score (nSPS) is 11.4. The van der Waals surface area contributed by atoms with Crippen LogP contribution in [0.4, 0.5) is 16.3 Å². The number of anilines is 2. The Hall–Kier alpha value is -4.33. The number of nitrogens with zero attached hydrogens (tertiary/aromatic N) is 3. The molecule has 5 rings (SSSR count). The van der Waals surface area contributed by atoms with Crippen molar-refractivity contribution in [3.63, 3.8) is 0 Å². The molecule has 2 N–H and O–H groups in total. The number of carbonyl (C=O) groups excluding carboxylic acids is 2. The number of fused-ring (bicyclic) bond motifs is 1. The van der Waals surface area contributed by atoms with Crippen molar-refractivity contribution in [3.05, 3.63) is 118 Å². The lowest BCUT2D eigenvalue weighted by molar-refractivity contribution is -0.116. The van der Waals surface area contributed by atoms with Crippen LogP contribution in [-0.2, 0) is 16.8 Å². The molecule has 0 radical (unpaired) electrons. The van der Waals surface area contributed by atoms with Crippen molar-refractivity contribution in [1.29, 1.82) is 0 Å². The molecule has 214 valence electrons. The van der Waals surface area contributed by atoms with E-state index < -0.39 is 6.03 Å². The Labute approximate surface area is 255 Å². The summed E-state index contributed by atoms with van der Waals surface area (Å²) in [4.78, 5) is 28.6. The largest absolute Gasteiger partial charge is 0.322 e. The van der Waals surface area contributed by atoms with Gasteiger partial charge in [-0.25, -0.2) is 9.48 Å². The fourth-order valence-electron chi connectivity index (χ4n) is 4.54. The molecule has 7 nitrogen and oxygen atoms in total. The molecule has 0 spiro atoms. The van der Waals surface area contributed by atoms with Gasteiger partial charge in [0.25, 0.3) is 0 Å². The van der Waals surface area contributed by atoms with E-state index >= 15 is 0 Å². The molecular formula is C33H31Cl2N5O2. The van der Waals surface area contributed by atoms with Crippen molar-refractivity contribution < 1.29 is 9.59 Å². The number of hydrogen-bond donors (Lipinski definition) is 2. The third kappa shape index (κ3) is 6.75. The Kier molecular flexibility index (Phi) is 8.52. The van der Waals surface area contributed by atoms with Gasteiger partial charge in [-0.15, -0.1) is 0 Å². The molecule has 0 aliphatic rings. The maximum absolute atomic E-state index is 13.6. The van der Waals surface area contributed by atoms with Gasteiger partial charge in [-0.3, -0.25) is 4.79 Å². The van der Waals surface area contributed by atoms with Crippen molar-refractivity contribution in [2.45, 2.75) is 32.7 Å². The maximum Gasteiger partial charge on any atom is 0.322 e. The summed E-state index contributed by atoms with van der Waals surface area (Å²) in [7, 11) is 0. The van der Waals surface area contributed by atoms with Gasteiger partial charge in [-0.05, 0) is 35.2 Å². The third-order valence-corrected chi connectivity index (χ3v) is 7.50. The van der Waals surface area contributed by atoms with Crippen LogP contribution in [-0.4, -0.2) is 33.2 Å². The SMILES string of the molecule is CC(C)(C)c1cc(NC(=O)CN(Cc2ccccc2)C(=O)Nc2cccc3ccccc23)n(-c2ccc(Cl)c(Cl)c2)n1. The molecule has 0 saturated heterocycles. The molecule has 1 heterocycles. The number of benzene rings is 4. The molecule has 4 aromatic carbocycles. The average molecular weight is 601 g/mol. The van der Waals surface area contributed by atoms with Crippen LogP contribution in [0, 0.1) is 0 Å². The zero-order valence-corrected chi connectivity index (χ0v) is 25.1. The molecule has 0 bridgehead atoms. The summed E-state index contributed by atoms with van der Waals surface area (Å²) in [6.07, 6.45) is 0. The van der Waals surface area contributed by atoms with Crippen molar-refractivity contribution in [3.8, 4) is 5.69 Å². The maximum atomic E-state index is 13.6. The predicted molar refractivity (Wildman–Crippen MR) is 171 cm³/mol. The summed E-state index contributed by atoms with van der Waals surface area (Å²) in [5.41, 5.74) is 2.71. The van der Waals surface area contributed by atoms with Crippen molar-refractivity contribution >= 4 is 57.4 Å². The van der Waals surface area contributed by atoms with Crippen LogP contribution in [0.2, 0.25) is 10.0 Å². The van der Waals surface area contributed by atoms with Crippen molar-refractivity contribution in [2.24, 2.45) is 0 Å². The standard InChI is InChI=1S/C33H31Cl2N5O2/c1-33(2,3)29-19-30(40(38-29)24-16-17-26(34)27(35)18-24)37-31(41)21-39(20-22-10-5-4-6-11-22)32(42)36-28-15-9-13-23-12-7-8-14-25(23)28/h4-19H,20-21H2,1-3H3,(H,36,42)(H,37,41). The zero-order chi connectivity index (χ0) is 29.9. The molecule has 0 aliphatic carbocycles. The summed E-state index contributed by atoms with van der Waals surface area (Å²) >= 11 is 12.4. The lowest BCUT2D eigenvalue weighted by Crippen LogP contribution is -2.40. The second-order valence-corrected chi connectivity index (χ2v) is 11.8. The second kappa shape index (κ2) is 12.3. The fraction of sp³-hybridized carbons (Fsp3) is 0.182. The minimum Gasteiger partial charge on any atom is -0.311 e. The Morgan fingerprint density at radius 1 is 0.833 bits per heavy atom. The lowest BCUT2D eigenvalue weighted by atomic mass is 9.92. The molecule has 42 heavy (non-hydrogen) atoms. The Bertz CT molecular complexity index is 1740. The highest BCUT2D eigenvalue weighted by molar-refractivity contribution is 6.42. The summed E-state index contributed by atoms with van der Waals surface area (Å²) in [5, 5.41) is 13.4. The molecule has 0 saturated carbocycles. The first kappa shape index (κ1) is 29.2. The van der Waals surface area contributed by atoms with E-state index in [-0.39, 0.29) is 24.4 Å². The lowest BCUT2D eigenvalue weighted by Gasteiger charge is -2.23. The summed E-state index contributed by atoms with van der Waals surface area (Å²) < 4.78 is 1.62. The number of amides is 3. The minimum atomic E-state index is -0.390. The second-order valence-electron chi connectivity index (χ2n) is 11.0. The van der Waals surface area contributed by atoms with Gasteiger partial charge in [0.1, 0.15) is 12.4 Å². The van der Waals surface area contributed by atoms with E-state index in [4.69, 9.17) is 28.3 Å². The predicted octanol–water partition coefficient (Wildman–Crippen LogP) is 8.30. The number of urea groups is 1. The highest BCUT2D eigenvalue weighted by Crippen LogP contribution is 2.30. The van der Waals surface area contributed by atoms with Gasteiger partial charge in [0, 0.05) is 23.4 Å². The Morgan fingerprint density at radius 3 is 2.29 bits per heavy atom. The van der Waals surface area contributed by atoms with Crippen molar-refractivity contribution in [1.82, 2.24) is 14.7 Å². The Morgan fingerprint density at radius 2 is 1.55 bits per heavy atom. The first-order valence-electron chi connectivity index (χ1n) is 13.5. The number of nitrogens with one attached hydrogen (secondary N) is 2. The number of aromatic nitrogens is 2. The van der Waals surface area contributed by atoms with E-state index in [1.54, 1.807) is 22.9 Å². The monoisotopic (exact) mass is 599 g/mol. The van der Waals surface area contributed by atoms with Crippen LogP contribution in [0.3, 0.4) is 0 Å². The summed E-state index contributed by atoms with van der Waals surface area (Å²) in [6, 6.07) is 29.7. The van der Waals surface area contributed by atoms with Crippen molar-refractivity contribution in [2.75, 3.05) is 17.2 Å². The van der Waals surface area contributed by atoms with E-state index in [0.29, 0.717) is 27.2 Å². The van der Waals surface area contributed by atoms with E-state index in [1.807, 2.05) is 99.6 Å². The van der Waals surface area contributed by atoms with Gasteiger partial charge in [-0.2, -0.15) is 5.10 Å². The van der Waals surface area contributed by atoms with Gasteiger partial charge >= 0.3 is 6.03 Å². The Balaban J connectivity index is 1.42. The average Bonchev–Trinajstić information content (AvgIpc) is 3.39. The zero-order valence-electron chi connectivity index (χ0n) is 23.6. The minimum absolute atomic E-state index is 0.192. The van der Waals surface area contributed by atoms with Gasteiger partial charge in [0.05, 0.1) is 27.1 Å². The van der Waals surface area contributed by atoms with Crippen LogP contribution in [0.25, 0.3) is 16.5 Å². The number of hydrogen-bond acceptors (Lipinski definition) is 3. The van der Waals surface area contributed by atoms with Crippen LogP contribution < -0.4 is 10.6 Å². The molecule has 1 aromatic heterocycles. The molecule has 5 aromatic rings. The third-order valence-electron chi connectivity index (χ3n) is 6.76. The van der Waals surface area contributed by atoms with Crippen LogP contribution in [0.1, 0.15) is 32.0 Å². The van der Waals surface area contributed by atoms with Gasteiger partial charge in [0.15, 0.2) is 0 Å². The molecule has 0 unspecified atom stereocenters. The number of rotatable bonds is 7. The molecule has 0 aliphatic heterocycles. The number of halogens is 2. The first-order chi connectivity index (χ1) is 20.1. The van der Waals surface area contributed by atoms with E-state index in [1.165, 1.54) is 4.90 Å². The molecule has 0 fully saturated rings. The highest BCUT2D eigenvalue weighted by atomic mass is 35.5. The molecule has 3 amide bonds. The van der Waals surface area contributed by atoms with E-state index in [2.05, 4.69) is 10.6 Å². The van der Waals surface area contributed by atoms with Gasteiger partial charge in [0.2, 0.25) is 5.91 Å². The summed E-state index contributed by atoms with van der Waals surface area (Å²) in [5.74, 6) is 0.0816. The first-order valence-corrected chi connectivity index (χ1v) is 14.3. The van der Waals surface area contributed by atoms with E-state index in [9.17, 15) is 9.59 Å². The van der Waals surface area contributed by atoms with E-state index in [0.717, 1.165) is 22.0 Å². The van der Waals surface area contributed by atoms with Crippen LogP contribution in [0.5, 0.6) is 0 Å². The fourth-order valence-corrected chi connectivity index (χ4v) is 4.83. The molecule has 0 atom stereocenters. The number of carbonyl (C=O) groups is 2.